The minimum Gasteiger partial charge on any atom is -0.374 e. The maximum absolute atomic E-state index is 8.21. The number of nitrogen functional groups attached to an aromatic ring is 1. The van der Waals surface area contributed by atoms with E-state index in [1.165, 1.54) is 22.7 Å². The third-order valence-corrected chi connectivity index (χ3v) is 2.57. The Hall–Kier alpha value is -1.59. The van der Waals surface area contributed by atoms with E-state index in [-0.39, 0.29) is 0 Å². The van der Waals surface area contributed by atoms with E-state index in [0.717, 1.165) is 10.0 Å². The fraction of sp³-hybridized carbons (Fsp3) is 0.286. The van der Waals surface area contributed by atoms with Crippen molar-refractivity contribution in [2.75, 3.05) is 5.73 Å². The Labute approximate surface area is 94.4 Å². The molecule has 0 saturated carbocycles. The van der Waals surface area contributed by atoms with Gasteiger partial charge >= 0.3 is 0 Å². The van der Waals surface area contributed by atoms with E-state index in [4.69, 9.17) is 11.0 Å². The van der Waals surface area contributed by atoms with Gasteiger partial charge in [0.15, 0.2) is 0 Å². The molecule has 0 radical (unpaired) electrons. The molecule has 8 heteroatoms. The topological polar surface area (TPSA) is 101 Å². The number of anilines is 1. The van der Waals surface area contributed by atoms with Crippen LogP contribution >= 0.6 is 22.7 Å². The van der Waals surface area contributed by atoms with E-state index < -0.39 is 0 Å². The second kappa shape index (κ2) is 5.33. The number of nitrogens with two attached hydrogens (primary N) is 1. The highest BCUT2D eigenvalue weighted by Gasteiger charge is 1.94. The Balaban J connectivity index is 0.000000151. The zero-order valence-corrected chi connectivity index (χ0v) is 9.76. The largest absolute Gasteiger partial charge is 0.374 e. The lowest BCUT2D eigenvalue weighted by Gasteiger charge is -1.66. The highest BCUT2D eigenvalue weighted by Crippen LogP contribution is 2.07. The number of hydrogen-bond donors (Lipinski definition) is 1. The second-order valence-electron chi connectivity index (χ2n) is 2.40. The SMILES string of the molecule is Cc1nnc(C#N)s1.Cc1nnc(N)s1. The summed E-state index contributed by atoms with van der Waals surface area (Å²) in [5.41, 5.74) is 5.22. The van der Waals surface area contributed by atoms with Gasteiger partial charge in [-0.15, -0.1) is 20.4 Å². The monoisotopic (exact) mass is 240 g/mol. The minimum atomic E-state index is 0.433. The Morgan fingerprint density at radius 2 is 1.67 bits per heavy atom. The number of rotatable bonds is 0. The highest BCUT2D eigenvalue weighted by atomic mass is 32.1. The molecule has 2 aromatic heterocycles. The summed E-state index contributed by atoms with van der Waals surface area (Å²) in [5.74, 6) is 0. The average molecular weight is 240 g/mol. The van der Waals surface area contributed by atoms with Crippen molar-refractivity contribution in [3.63, 3.8) is 0 Å². The van der Waals surface area contributed by atoms with Crippen LogP contribution in [0.4, 0.5) is 5.13 Å². The molecular formula is C7H8N6S2. The summed E-state index contributed by atoms with van der Waals surface area (Å²) >= 11 is 2.70. The van der Waals surface area contributed by atoms with Crippen LogP contribution in [-0.4, -0.2) is 20.4 Å². The van der Waals surface area contributed by atoms with Gasteiger partial charge in [-0.2, -0.15) is 5.26 Å². The Morgan fingerprint density at radius 1 is 1.07 bits per heavy atom. The van der Waals surface area contributed by atoms with Crippen molar-refractivity contribution in [2.24, 2.45) is 0 Å². The Bertz CT molecular complexity index is 451. The summed E-state index contributed by atoms with van der Waals surface area (Å²) < 4.78 is 0. The molecule has 2 aromatic rings. The number of hydrogen-bond acceptors (Lipinski definition) is 8. The predicted molar refractivity (Wildman–Crippen MR) is 58.4 cm³/mol. The standard InChI is InChI=1S/C4H3N3S.C3H5N3S/c1-3-6-7-4(2-5)8-3;1-2-5-6-3(4)7-2/h1H3;1H3,(H2,4,6). The molecule has 15 heavy (non-hydrogen) atoms. The summed E-state index contributed by atoms with van der Waals surface area (Å²) in [5, 5.41) is 25.3. The Kier molecular flexibility index (Phi) is 4.08. The van der Waals surface area contributed by atoms with Gasteiger partial charge in [-0.1, -0.05) is 22.7 Å². The summed E-state index contributed by atoms with van der Waals surface area (Å²) in [6.07, 6.45) is 0. The molecule has 0 bridgehead atoms. The van der Waals surface area contributed by atoms with Crippen LogP contribution in [0.5, 0.6) is 0 Å². The first-order valence-corrected chi connectivity index (χ1v) is 5.51. The van der Waals surface area contributed by atoms with E-state index in [2.05, 4.69) is 20.4 Å². The maximum Gasteiger partial charge on any atom is 0.217 e. The fourth-order valence-electron chi connectivity index (χ4n) is 0.654. The molecule has 6 nitrogen and oxygen atoms in total. The van der Waals surface area contributed by atoms with Crippen molar-refractivity contribution in [1.29, 1.82) is 5.26 Å². The molecule has 2 N–H and O–H groups in total. The number of nitrogens with zero attached hydrogens (tertiary/aromatic N) is 5. The molecule has 2 heterocycles. The fourth-order valence-corrected chi connectivity index (χ4v) is 1.61. The van der Waals surface area contributed by atoms with Gasteiger partial charge in [-0.05, 0) is 13.8 Å². The second-order valence-corrected chi connectivity index (χ2v) is 4.79. The summed E-state index contributed by atoms with van der Waals surface area (Å²) in [7, 11) is 0. The molecule has 0 aliphatic heterocycles. The quantitative estimate of drug-likeness (QED) is 0.741. The number of aryl methyl sites for hydroxylation is 2. The van der Waals surface area contributed by atoms with Gasteiger partial charge in [0.25, 0.3) is 0 Å². The smallest absolute Gasteiger partial charge is 0.217 e. The van der Waals surface area contributed by atoms with Gasteiger partial charge in [0.2, 0.25) is 10.1 Å². The lowest BCUT2D eigenvalue weighted by Crippen LogP contribution is -1.79. The zero-order valence-electron chi connectivity index (χ0n) is 8.13. The van der Waals surface area contributed by atoms with E-state index in [0.29, 0.717) is 10.1 Å². The predicted octanol–water partition coefficient (Wildman–Crippen LogP) is 1.15. The van der Waals surface area contributed by atoms with Gasteiger partial charge in [0.1, 0.15) is 16.1 Å². The number of aromatic nitrogens is 4. The van der Waals surface area contributed by atoms with Gasteiger partial charge in [0, 0.05) is 0 Å². The van der Waals surface area contributed by atoms with Crippen LogP contribution in [-0.2, 0) is 0 Å². The van der Waals surface area contributed by atoms with Gasteiger partial charge in [0.05, 0.1) is 0 Å². The summed E-state index contributed by atoms with van der Waals surface area (Å²) in [6, 6.07) is 1.89. The van der Waals surface area contributed by atoms with E-state index >= 15 is 0 Å². The van der Waals surface area contributed by atoms with E-state index in [1.54, 1.807) is 0 Å². The molecule has 78 valence electrons. The molecule has 0 amide bonds. The molecule has 0 atom stereocenters. The first-order valence-electron chi connectivity index (χ1n) is 3.87. The molecule has 0 aliphatic carbocycles. The van der Waals surface area contributed by atoms with Crippen LogP contribution in [0.25, 0.3) is 0 Å². The first-order chi connectivity index (χ1) is 7.11. The zero-order chi connectivity index (χ0) is 11.3. The normalized spacial score (nSPS) is 8.87. The molecule has 0 unspecified atom stereocenters. The van der Waals surface area contributed by atoms with Gasteiger partial charge in [-0.3, -0.25) is 0 Å². The van der Waals surface area contributed by atoms with E-state index in [1.807, 2.05) is 19.9 Å². The molecule has 0 aromatic carbocycles. The van der Waals surface area contributed by atoms with Crippen LogP contribution in [0, 0.1) is 25.2 Å². The van der Waals surface area contributed by atoms with Crippen molar-refractivity contribution in [3.8, 4) is 6.07 Å². The summed E-state index contributed by atoms with van der Waals surface area (Å²) in [6.45, 7) is 3.69. The highest BCUT2D eigenvalue weighted by molar-refractivity contribution is 7.14. The average Bonchev–Trinajstić information content (AvgIpc) is 2.76. The van der Waals surface area contributed by atoms with Crippen LogP contribution in [0.3, 0.4) is 0 Å². The third kappa shape index (κ3) is 3.97. The van der Waals surface area contributed by atoms with Crippen LogP contribution < -0.4 is 5.73 Å². The van der Waals surface area contributed by atoms with Crippen molar-refractivity contribution < 1.29 is 0 Å². The molecule has 0 spiro atoms. The van der Waals surface area contributed by atoms with Crippen molar-refractivity contribution in [3.05, 3.63) is 15.0 Å². The van der Waals surface area contributed by atoms with Crippen molar-refractivity contribution in [1.82, 2.24) is 20.4 Å². The molecule has 0 aliphatic rings. The lowest BCUT2D eigenvalue weighted by atomic mass is 10.8. The molecule has 0 saturated heterocycles. The van der Waals surface area contributed by atoms with Crippen LogP contribution in [0.1, 0.15) is 15.0 Å². The minimum absolute atomic E-state index is 0.433. The first kappa shape index (κ1) is 11.5. The van der Waals surface area contributed by atoms with Gasteiger partial charge < -0.3 is 5.73 Å². The van der Waals surface area contributed by atoms with Gasteiger partial charge in [-0.25, -0.2) is 0 Å². The van der Waals surface area contributed by atoms with Crippen molar-refractivity contribution in [2.45, 2.75) is 13.8 Å². The third-order valence-electron chi connectivity index (χ3n) is 1.16. The van der Waals surface area contributed by atoms with Crippen LogP contribution in [0.2, 0.25) is 0 Å². The lowest BCUT2D eigenvalue weighted by molar-refractivity contribution is 1.04. The molecule has 0 fully saturated rings. The Morgan fingerprint density at radius 3 is 1.87 bits per heavy atom. The summed E-state index contributed by atoms with van der Waals surface area (Å²) in [4.78, 5) is 0. The van der Waals surface area contributed by atoms with Crippen molar-refractivity contribution >= 4 is 27.8 Å². The van der Waals surface area contributed by atoms with E-state index in [9.17, 15) is 0 Å². The molecular weight excluding hydrogens is 232 g/mol. The number of nitriles is 1. The maximum atomic E-state index is 8.21. The molecule has 2 rings (SSSR count). The van der Waals surface area contributed by atoms with Crippen LogP contribution in [0.15, 0.2) is 0 Å².